The third-order valence-electron chi connectivity index (χ3n) is 3.98. The second kappa shape index (κ2) is 10.7. The molecular formula is C21H23ClN2O2S. The van der Waals surface area contributed by atoms with Crippen LogP contribution in [-0.4, -0.2) is 19.0 Å². The molecule has 3 rings (SSSR count). The van der Waals surface area contributed by atoms with Crippen molar-refractivity contribution in [3.8, 4) is 10.8 Å². The molecule has 0 saturated heterocycles. The molecule has 3 aromatic rings. The van der Waals surface area contributed by atoms with Gasteiger partial charge in [-0.2, -0.15) is 0 Å². The molecule has 0 spiro atoms. The van der Waals surface area contributed by atoms with Crippen LogP contribution in [0.25, 0.3) is 0 Å². The van der Waals surface area contributed by atoms with E-state index in [9.17, 15) is 4.79 Å². The predicted octanol–water partition coefficient (Wildman–Crippen LogP) is 4.44. The molecule has 0 unspecified atom stereocenters. The zero-order valence-electron chi connectivity index (χ0n) is 14.9. The third-order valence-corrected chi connectivity index (χ3v) is 5.00. The lowest BCUT2D eigenvalue weighted by molar-refractivity contribution is 0.100. The fourth-order valence-electron chi connectivity index (χ4n) is 2.56. The zero-order chi connectivity index (χ0) is 18.2. The lowest BCUT2D eigenvalue weighted by Gasteiger charge is -2.04. The molecule has 0 fully saturated rings. The highest BCUT2D eigenvalue weighted by atomic mass is 35.5. The number of primary amides is 1. The Hall–Kier alpha value is -2.34. The molecule has 2 aromatic carbocycles. The number of thiophene rings is 1. The Balaban J connectivity index is 0.00000261. The molecule has 0 aliphatic heterocycles. The summed E-state index contributed by atoms with van der Waals surface area (Å²) in [6.07, 6.45) is 2.02. The molecule has 1 heterocycles. The number of hydrogen-bond acceptors (Lipinski definition) is 4. The first-order valence-corrected chi connectivity index (χ1v) is 9.43. The Kier molecular flexibility index (Phi) is 8.33. The summed E-state index contributed by atoms with van der Waals surface area (Å²) in [6, 6.07) is 21.4. The van der Waals surface area contributed by atoms with Crippen LogP contribution >= 0.6 is 23.7 Å². The van der Waals surface area contributed by atoms with Crippen molar-refractivity contribution in [2.24, 2.45) is 5.73 Å². The largest absolute Gasteiger partial charge is 0.447 e. The number of nitrogens with two attached hydrogens (primary N) is 1. The smallest absolute Gasteiger partial charge is 0.248 e. The molecule has 3 N–H and O–H groups in total. The molecule has 27 heavy (non-hydrogen) atoms. The second-order valence-electron chi connectivity index (χ2n) is 5.95. The summed E-state index contributed by atoms with van der Waals surface area (Å²) >= 11 is 1.64. The van der Waals surface area contributed by atoms with Gasteiger partial charge in [0.25, 0.3) is 0 Å². The van der Waals surface area contributed by atoms with E-state index in [2.05, 4.69) is 35.6 Å². The number of nitrogens with one attached hydrogen (secondary N) is 1. The summed E-state index contributed by atoms with van der Waals surface area (Å²) in [5.74, 6) is 0.263. The first-order chi connectivity index (χ1) is 12.7. The molecule has 0 saturated carbocycles. The van der Waals surface area contributed by atoms with Crippen molar-refractivity contribution in [2.45, 2.75) is 12.8 Å². The van der Waals surface area contributed by atoms with Gasteiger partial charge in [-0.05, 0) is 67.9 Å². The molecule has 0 atom stereocenters. The summed E-state index contributed by atoms with van der Waals surface area (Å²) in [5, 5.41) is 4.32. The van der Waals surface area contributed by atoms with Gasteiger partial charge in [-0.1, -0.05) is 30.3 Å². The zero-order valence-corrected chi connectivity index (χ0v) is 16.5. The van der Waals surface area contributed by atoms with E-state index < -0.39 is 5.91 Å². The maximum atomic E-state index is 11.1. The van der Waals surface area contributed by atoms with Gasteiger partial charge in [-0.3, -0.25) is 4.79 Å². The first kappa shape index (κ1) is 21.0. The Morgan fingerprint density at radius 2 is 1.63 bits per heavy atom. The van der Waals surface area contributed by atoms with E-state index in [4.69, 9.17) is 10.5 Å². The number of amides is 1. The SMILES string of the molecule is Cl.NC(=O)c1ccc(Oc2ccc(CCNCCc3ccccc3)s2)cc1. The fraction of sp³-hybridized carbons (Fsp3) is 0.190. The third kappa shape index (κ3) is 6.71. The van der Waals surface area contributed by atoms with Crippen LogP contribution in [0.2, 0.25) is 0 Å². The van der Waals surface area contributed by atoms with Gasteiger partial charge < -0.3 is 15.8 Å². The minimum atomic E-state index is -0.435. The van der Waals surface area contributed by atoms with Crippen LogP contribution in [0.4, 0.5) is 0 Å². The number of rotatable bonds is 9. The normalized spacial score (nSPS) is 10.2. The van der Waals surface area contributed by atoms with E-state index in [0.717, 1.165) is 31.0 Å². The number of carbonyl (C=O) groups excluding carboxylic acids is 1. The summed E-state index contributed by atoms with van der Waals surface area (Å²) in [6.45, 7) is 1.92. The van der Waals surface area contributed by atoms with Crippen LogP contribution < -0.4 is 15.8 Å². The van der Waals surface area contributed by atoms with Crippen molar-refractivity contribution in [1.82, 2.24) is 5.32 Å². The number of hydrogen-bond donors (Lipinski definition) is 2. The Morgan fingerprint density at radius 1 is 0.926 bits per heavy atom. The number of carbonyl (C=O) groups is 1. The second-order valence-corrected chi connectivity index (χ2v) is 7.08. The van der Waals surface area contributed by atoms with Crippen LogP contribution in [0.3, 0.4) is 0 Å². The maximum Gasteiger partial charge on any atom is 0.248 e. The summed E-state index contributed by atoms with van der Waals surface area (Å²) < 4.78 is 5.83. The van der Waals surface area contributed by atoms with Crippen LogP contribution in [0.15, 0.2) is 66.7 Å². The van der Waals surface area contributed by atoms with E-state index in [1.54, 1.807) is 35.6 Å². The number of halogens is 1. The Bertz CT molecular complexity index is 835. The Labute approximate surface area is 169 Å². The van der Waals surface area contributed by atoms with E-state index in [1.807, 2.05) is 12.1 Å². The van der Waals surface area contributed by atoms with E-state index in [-0.39, 0.29) is 12.4 Å². The molecule has 142 valence electrons. The summed E-state index contributed by atoms with van der Waals surface area (Å²) in [7, 11) is 0. The van der Waals surface area contributed by atoms with E-state index >= 15 is 0 Å². The predicted molar refractivity (Wildman–Crippen MR) is 113 cm³/mol. The van der Waals surface area contributed by atoms with E-state index in [1.165, 1.54) is 10.4 Å². The quantitative estimate of drug-likeness (QED) is 0.520. The molecule has 0 radical (unpaired) electrons. The van der Waals surface area contributed by atoms with Crippen LogP contribution in [0.5, 0.6) is 10.8 Å². The minimum absolute atomic E-state index is 0. The van der Waals surface area contributed by atoms with Crippen LogP contribution in [-0.2, 0) is 12.8 Å². The monoisotopic (exact) mass is 402 g/mol. The van der Waals surface area contributed by atoms with Crippen LogP contribution in [0.1, 0.15) is 20.8 Å². The molecule has 1 aromatic heterocycles. The van der Waals surface area contributed by atoms with Crippen molar-refractivity contribution in [2.75, 3.05) is 13.1 Å². The number of ether oxygens (including phenoxy) is 1. The summed E-state index contributed by atoms with van der Waals surface area (Å²) in [5.41, 5.74) is 7.07. The van der Waals surface area contributed by atoms with Gasteiger partial charge in [0.2, 0.25) is 5.91 Å². The standard InChI is InChI=1S/C21H22N2O2S.ClH/c22-21(24)17-6-8-18(9-7-17)25-20-11-10-19(26-20)13-15-23-14-12-16-4-2-1-3-5-16;/h1-11,23H,12-15H2,(H2,22,24);1H. The average molecular weight is 403 g/mol. The highest BCUT2D eigenvalue weighted by Crippen LogP contribution is 2.29. The Morgan fingerprint density at radius 3 is 2.33 bits per heavy atom. The van der Waals surface area contributed by atoms with Crippen molar-refractivity contribution in [1.29, 1.82) is 0 Å². The molecule has 0 aliphatic rings. The summed E-state index contributed by atoms with van der Waals surface area (Å²) in [4.78, 5) is 12.4. The van der Waals surface area contributed by atoms with E-state index in [0.29, 0.717) is 11.3 Å². The molecule has 0 bridgehead atoms. The highest BCUT2D eigenvalue weighted by molar-refractivity contribution is 7.13. The van der Waals surface area contributed by atoms with Gasteiger partial charge in [-0.25, -0.2) is 0 Å². The van der Waals surface area contributed by atoms with Crippen molar-refractivity contribution in [3.05, 3.63) is 82.7 Å². The van der Waals surface area contributed by atoms with Crippen molar-refractivity contribution in [3.63, 3.8) is 0 Å². The van der Waals surface area contributed by atoms with Gasteiger partial charge in [0.15, 0.2) is 5.06 Å². The highest BCUT2D eigenvalue weighted by Gasteiger charge is 2.04. The molecule has 1 amide bonds. The minimum Gasteiger partial charge on any atom is -0.447 e. The van der Waals surface area contributed by atoms with Gasteiger partial charge in [0, 0.05) is 10.4 Å². The van der Waals surface area contributed by atoms with Crippen LogP contribution in [0, 0.1) is 0 Å². The molecule has 6 heteroatoms. The average Bonchev–Trinajstić information content (AvgIpc) is 3.10. The topological polar surface area (TPSA) is 64.4 Å². The van der Waals surface area contributed by atoms with Gasteiger partial charge >= 0.3 is 0 Å². The first-order valence-electron chi connectivity index (χ1n) is 8.62. The number of benzene rings is 2. The lowest BCUT2D eigenvalue weighted by atomic mass is 10.1. The van der Waals surface area contributed by atoms with Crippen molar-refractivity contribution < 1.29 is 9.53 Å². The molecule has 0 aliphatic carbocycles. The molecular weight excluding hydrogens is 380 g/mol. The lowest BCUT2D eigenvalue weighted by Crippen LogP contribution is -2.19. The van der Waals surface area contributed by atoms with Gasteiger partial charge in [0.05, 0.1) is 0 Å². The fourth-order valence-corrected chi connectivity index (χ4v) is 3.44. The van der Waals surface area contributed by atoms with Crippen molar-refractivity contribution >= 4 is 29.7 Å². The maximum absolute atomic E-state index is 11.1. The van der Waals surface area contributed by atoms with Gasteiger partial charge in [-0.15, -0.1) is 23.7 Å². The van der Waals surface area contributed by atoms with Gasteiger partial charge in [0.1, 0.15) is 5.75 Å². The molecule has 4 nitrogen and oxygen atoms in total.